The topological polar surface area (TPSA) is 15.7 Å². The maximum Gasteiger partial charge on any atom is 0.143 e. The number of para-hydroxylation sites is 4. The lowest BCUT2D eigenvalue weighted by Crippen LogP contribution is -2.10. The maximum absolute atomic E-state index is 7.00. The highest BCUT2D eigenvalue weighted by Gasteiger charge is 2.25. The first kappa shape index (κ1) is 36.0. The van der Waals surface area contributed by atoms with Crippen LogP contribution in [0.25, 0.3) is 55.3 Å². The zero-order valence-electron chi connectivity index (χ0n) is 33.4. The van der Waals surface area contributed by atoms with E-state index in [-0.39, 0.29) is 0 Å². The molecule has 0 spiro atoms. The lowest BCUT2D eigenvalue weighted by Gasteiger charge is -2.28. The number of rotatable bonds is 9. The second kappa shape index (κ2) is 15.6. The van der Waals surface area contributed by atoms with E-state index in [2.05, 4.69) is 252 Å². The molecule has 0 aliphatic carbocycles. The van der Waals surface area contributed by atoms with E-state index in [0.29, 0.717) is 0 Å². The van der Waals surface area contributed by atoms with Gasteiger partial charge in [0.15, 0.2) is 0 Å². The average molecular weight is 781 g/mol. The van der Waals surface area contributed by atoms with Crippen molar-refractivity contribution in [3.05, 3.63) is 243 Å². The van der Waals surface area contributed by atoms with Gasteiger partial charge in [-0.2, -0.15) is 0 Å². The zero-order valence-corrected chi connectivity index (χ0v) is 33.4. The Morgan fingerprint density at radius 1 is 0.262 bits per heavy atom. The van der Waals surface area contributed by atoms with Crippen LogP contribution >= 0.6 is 0 Å². The Morgan fingerprint density at radius 3 is 1.15 bits per heavy atom. The normalized spacial score (nSPS) is 11.4. The van der Waals surface area contributed by atoms with Crippen molar-refractivity contribution < 1.29 is 4.74 Å². The number of anilines is 6. The lowest BCUT2D eigenvalue weighted by molar-refractivity contribution is 0.489. The van der Waals surface area contributed by atoms with Crippen LogP contribution in [0.5, 0.6) is 11.5 Å². The smallest absolute Gasteiger partial charge is 0.143 e. The highest BCUT2D eigenvalue weighted by atomic mass is 16.5. The molecule has 0 saturated heterocycles. The van der Waals surface area contributed by atoms with Crippen molar-refractivity contribution in [3.63, 3.8) is 0 Å². The SMILES string of the molecule is c1ccc(N(c2ccccc2)c2ccc(-c3ccc(-c4ccc(-c5ccc6cccc7c6c5Oc5cc(N(c6ccccc6)c6ccccc6)ccc5-7)cc4)cc3)cc2)cc1. The standard InChI is InChI=1S/C58H40N2O/c1-5-15-47(16-6-1)59(48-17-7-2-8-18-48)51-35-32-44(33-36-51)42-26-24-41(25-27-42)43-28-30-45(31-29-43)53-38-34-46-14-13-23-55-54-39-37-52(40-56(54)61-58(53)57(46)55)60(49-19-9-3-10-20-49)50-21-11-4-12-22-50/h1-40H. The molecular formula is C58H40N2O. The molecule has 0 aromatic heterocycles. The third-order valence-corrected chi connectivity index (χ3v) is 11.7. The van der Waals surface area contributed by atoms with Gasteiger partial charge >= 0.3 is 0 Å². The number of nitrogens with zero attached hydrogens (tertiary/aromatic N) is 2. The predicted molar refractivity (Wildman–Crippen MR) is 255 cm³/mol. The molecule has 11 rings (SSSR count). The van der Waals surface area contributed by atoms with Crippen LogP contribution in [0.15, 0.2) is 243 Å². The summed E-state index contributed by atoms with van der Waals surface area (Å²) in [6.07, 6.45) is 0. The molecule has 1 aliphatic rings. The largest absolute Gasteiger partial charge is 0.455 e. The van der Waals surface area contributed by atoms with E-state index in [0.717, 1.165) is 73.1 Å². The number of hydrogen-bond acceptors (Lipinski definition) is 3. The summed E-state index contributed by atoms with van der Waals surface area (Å²) in [7, 11) is 0. The van der Waals surface area contributed by atoms with Crippen LogP contribution < -0.4 is 14.5 Å². The Labute approximate surface area is 356 Å². The van der Waals surface area contributed by atoms with Gasteiger partial charge in [-0.3, -0.25) is 0 Å². The number of fused-ring (bicyclic) bond motifs is 2. The molecule has 0 atom stereocenters. The Balaban J connectivity index is 0.877. The minimum atomic E-state index is 0.845. The number of benzene rings is 10. The van der Waals surface area contributed by atoms with Crippen molar-refractivity contribution >= 4 is 44.9 Å². The molecule has 0 radical (unpaired) electrons. The van der Waals surface area contributed by atoms with Crippen LogP contribution in [0.3, 0.4) is 0 Å². The van der Waals surface area contributed by atoms with Gasteiger partial charge in [0.2, 0.25) is 0 Å². The summed E-state index contributed by atoms with van der Waals surface area (Å²) in [5.41, 5.74) is 15.8. The average Bonchev–Trinajstić information content (AvgIpc) is 3.34. The molecule has 1 heterocycles. The second-order valence-corrected chi connectivity index (χ2v) is 15.3. The van der Waals surface area contributed by atoms with Crippen LogP contribution in [0.1, 0.15) is 0 Å². The van der Waals surface area contributed by atoms with Gasteiger partial charge in [-0.15, -0.1) is 0 Å². The number of hydrogen-bond donors (Lipinski definition) is 0. The number of ether oxygens (including phenoxy) is 1. The van der Waals surface area contributed by atoms with Gasteiger partial charge in [0.05, 0.1) is 0 Å². The van der Waals surface area contributed by atoms with Crippen molar-refractivity contribution in [2.45, 2.75) is 0 Å². The van der Waals surface area contributed by atoms with Crippen LogP contribution in [-0.2, 0) is 0 Å². The zero-order chi connectivity index (χ0) is 40.5. The fraction of sp³-hybridized carbons (Fsp3) is 0. The first-order valence-electron chi connectivity index (χ1n) is 20.7. The van der Waals surface area contributed by atoms with Gasteiger partial charge < -0.3 is 14.5 Å². The summed E-state index contributed by atoms with van der Waals surface area (Å²) in [6.45, 7) is 0. The van der Waals surface area contributed by atoms with E-state index in [4.69, 9.17) is 4.74 Å². The van der Waals surface area contributed by atoms with E-state index in [9.17, 15) is 0 Å². The molecule has 61 heavy (non-hydrogen) atoms. The fourth-order valence-corrected chi connectivity index (χ4v) is 8.67. The Hall–Kier alpha value is -8.14. The first-order chi connectivity index (χ1) is 30.2. The predicted octanol–water partition coefficient (Wildman–Crippen LogP) is 16.6. The maximum atomic E-state index is 7.00. The molecule has 0 fully saturated rings. The monoisotopic (exact) mass is 780 g/mol. The minimum absolute atomic E-state index is 0.845. The first-order valence-corrected chi connectivity index (χ1v) is 20.7. The molecule has 1 aliphatic heterocycles. The lowest BCUT2D eigenvalue weighted by atomic mass is 9.90. The quantitative estimate of drug-likeness (QED) is 0.145. The molecule has 3 nitrogen and oxygen atoms in total. The third-order valence-electron chi connectivity index (χ3n) is 11.7. The summed E-state index contributed by atoms with van der Waals surface area (Å²) >= 11 is 0. The molecule has 10 aromatic carbocycles. The molecule has 0 saturated carbocycles. The summed E-state index contributed by atoms with van der Waals surface area (Å²) in [5.74, 6) is 1.74. The molecule has 10 aromatic rings. The van der Waals surface area contributed by atoms with Gasteiger partial charge in [0, 0.05) is 56.7 Å². The van der Waals surface area contributed by atoms with Crippen LogP contribution in [-0.4, -0.2) is 0 Å². The molecule has 0 N–H and O–H groups in total. The van der Waals surface area contributed by atoms with Crippen LogP contribution in [0, 0.1) is 0 Å². The van der Waals surface area contributed by atoms with Gasteiger partial charge in [0.1, 0.15) is 11.5 Å². The van der Waals surface area contributed by atoms with Crippen molar-refractivity contribution in [2.75, 3.05) is 9.80 Å². The Morgan fingerprint density at radius 2 is 0.656 bits per heavy atom. The van der Waals surface area contributed by atoms with Crippen molar-refractivity contribution in [2.24, 2.45) is 0 Å². The fourth-order valence-electron chi connectivity index (χ4n) is 8.67. The van der Waals surface area contributed by atoms with E-state index >= 15 is 0 Å². The van der Waals surface area contributed by atoms with E-state index in [1.165, 1.54) is 27.8 Å². The Bertz CT molecular complexity index is 3030. The van der Waals surface area contributed by atoms with E-state index in [1.807, 2.05) is 0 Å². The Kier molecular flexibility index (Phi) is 9.18. The minimum Gasteiger partial charge on any atom is -0.455 e. The molecule has 0 bridgehead atoms. The molecule has 3 heteroatoms. The summed E-state index contributed by atoms with van der Waals surface area (Å²) in [6, 6.07) is 86.1. The van der Waals surface area contributed by atoms with E-state index < -0.39 is 0 Å². The molecule has 0 unspecified atom stereocenters. The molecule has 0 amide bonds. The van der Waals surface area contributed by atoms with Gasteiger partial charge in [-0.05, 0) is 118 Å². The summed E-state index contributed by atoms with van der Waals surface area (Å²) in [4.78, 5) is 4.56. The van der Waals surface area contributed by atoms with Crippen molar-refractivity contribution in [3.8, 4) is 56.0 Å². The van der Waals surface area contributed by atoms with E-state index in [1.54, 1.807) is 0 Å². The van der Waals surface area contributed by atoms with Gasteiger partial charge in [-0.1, -0.05) is 158 Å². The second-order valence-electron chi connectivity index (χ2n) is 15.3. The highest BCUT2D eigenvalue weighted by Crippen LogP contribution is 2.52. The van der Waals surface area contributed by atoms with Crippen LogP contribution in [0.4, 0.5) is 34.1 Å². The van der Waals surface area contributed by atoms with Crippen molar-refractivity contribution in [1.29, 1.82) is 0 Å². The summed E-state index contributed by atoms with van der Waals surface area (Å²) in [5, 5.41) is 2.31. The van der Waals surface area contributed by atoms with Gasteiger partial charge in [-0.25, -0.2) is 0 Å². The summed E-state index contributed by atoms with van der Waals surface area (Å²) < 4.78 is 7.00. The van der Waals surface area contributed by atoms with Crippen LogP contribution in [0.2, 0.25) is 0 Å². The molecule has 288 valence electrons. The van der Waals surface area contributed by atoms with Crippen molar-refractivity contribution in [1.82, 2.24) is 0 Å². The van der Waals surface area contributed by atoms with Gasteiger partial charge in [0.25, 0.3) is 0 Å². The molecular weight excluding hydrogens is 741 g/mol. The highest BCUT2D eigenvalue weighted by molar-refractivity contribution is 6.08. The third kappa shape index (κ3) is 6.78.